The molecule has 0 saturated carbocycles. The summed E-state index contributed by atoms with van der Waals surface area (Å²) in [5, 5.41) is 5.81. The Hall–Kier alpha value is -2.31. The Morgan fingerprint density at radius 2 is 1.95 bits per heavy atom. The molecule has 4 nitrogen and oxygen atoms in total. The molecule has 0 unspecified atom stereocenters. The van der Waals surface area contributed by atoms with E-state index >= 15 is 0 Å². The van der Waals surface area contributed by atoms with Crippen molar-refractivity contribution in [1.29, 1.82) is 0 Å². The Morgan fingerprint density at radius 3 is 2.58 bits per heavy atom. The first-order valence-corrected chi connectivity index (χ1v) is 5.37. The summed E-state index contributed by atoms with van der Waals surface area (Å²) < 4.78 is 38.4. The summed E-state index contributed by atoms with van der Waals surface area (Å²) in [6.07, 6.45) is -4.49. The minimum Gasteiger partial charge on any atom is -0.394 e. The summed E-state index contributed by atoms with van der Waals surface area (Å²) in [5.41, 5.74) is 4.38. The monoisotopic (exact) mass is 269 g/mol. The average molecular weight is 269 g/mol. The second-order valence-electron chi connectivity index (χ2n) is 3.98. The highest BCUT2D eigenvalue weighted by Crippen LogP contribution is 2.32. The van der Waals surface area contributed by atoms with Gasteiger partial charge in [-0.2, -0.15) is 18.3 Å². The zero-order valence-electron chi connectivity index (χ0n) is 9.66. The molecular weight excluding hydrogens is 259 g/mol. The number of halogens is 3. The first-order valence-electron chi connectivity index (χ1n) is 5.37. The molecule has 0 spiro atoms. The maximum atomic E-state index is 12.8. The van der Waals surface area contributed by atoms with Gasteiger partial charge in [-0.05, 0) is 17.7 Å². The standard InChI is InChI=1S/C12H10F3N3O/c13-12(14,15)9-4-2-1-3-7(9)5-8-6-10(16)11(19)18-17-8/h1-4,6H,5H2,(H2,16,17)(H,18,19). The third kappa shape index (κ3) is 2.93. The second-order valence-corrected chi connectivity index (χ2v) is 3.98. The topological polar surface area (TPSA) is 71.8 Å². The molecular formula is C12H10F3N3O. The van der Waals surface area contributed by atoms with Crippen molar-refractivity contribution in [3.63, 3.8) is 0 Å². The highest BCUT2D eigenvalue weighted by Gasteiger charge is 2.32. The largest absolute Gasteiger partial charge is 0.416 e. The van der Waals surface area contributed by atoms with Gasteiger partial charge in [-0.1, -0.05) is 18.2 Å². The van der Waals surface area contributed by atoms with Crippen molar-refractivity contribution < 1.29 is 13.2 Å². The van der Waals surface area contributed by atoms with Crippen molar-refractivity contribution in [1.82, 2.24) is 10.2 Å². The molecule has 2 aromatic rings. The smallest absolute Gasteiger partial charge is 0.394 e. The van der Waals surface area contributed by atoms with Crippen LogP contribution in [0.4, 0.5) is 18.9 Å². The fourth-order valence-corrected chi connectivity index (χ4v) is 1.70. The van der Waals surface area contributed by atoms with Gasteiger partial charge in [-0.3, -0.25) is 4.79 Å². The number of aromatic nitrogens is 2. The van der Waals surface area contributed by atoms with E-state index in [0.29, 0.717) is 0 Å². The van der Waals surface area contributed by atoms with Gasteiger partial charge >= 0.3 is 6.18 Å². The van der Waals surface area contributed by atoms with Crippen LogP contribution in [0.3, 0.4) is 0 Å². The quantitative estimate of drug-likeness (QED) is 0.875. The van der Waals surface area contributed by atoms with Crippen molar-refractivity contribution in [3.8, 4) is 0 Å². The second kappa shape index (κ2) is 4.75. The molecule has 0 bridgehead atoms. The van der Waals surface area contributed by atoms with Crippen LogP contribution in [-0.2, 0) is 12.6 Å². The van der Waals surface area contributed by atoms with E-state index in [1.807, 2.05) is 0 Å². The number of benzene rings is 1. The summed E-state index contributed by atoms with van der Waals surface area (Å²) in [5.74, 6) is 0. The molecule has 0 aliphatic heterocycles. The molecule has 100 valence electrons. The van der Waals surface area contributed by atoms with Crippen LogP contribution in [-0.4, -0.2) is 10.2 Å². The van der Waals surface area contributed by atoms with E-state index in [1.165, 1.54) is 24.3 Å². The van der Waals surface area contributed by atoms with E-state index in [2.05, 4.69) is 10.2 Å². The molecule has 19 heavy (non-hydrogen) atoms. The SMILES string of the molecule is Nc1cc(Cc2ccccc2C(F)(F)F)n[nH]c1=O. The number of rotatable bonds is 2. The maximum Gasteiger partial charge on any atom is 0.416 e. The number of nitrogens with zero attached hydrogens (tertiary/aromatic N) is 1. The molecule has 0 amide bonds. The van der Waals surface area contributed by atoms with Crippen molar-refractivity contribution in [2.75, 3.05) is 5.73 Å². The number of alkyl halides is 3. The minimum atomic E-state index is -4.43. The third-order valence-corrected chi connectivity index (χ3v) is 2.58. The highest BCUT2D eigenvalue weighted by atomic mass is 19.4. The molecule has 0 fully saturated rings. The molecule has 2 rings (SSSR count). The molecule has 1 heterocycles. The van der Waals surface area contributed by atoms with Gasteiger partial charge in [0.25, 0.3) is 5.56 Å². The van der Waals surface area contributed by atoms with Crippen LogP contribution < -0.4 is 11.3 Å². The minimum absolute atomic E-state index is 0.0589. The lowest BCUT2D eigenvalue weighted by molar-refractivity contribution is -0.138. The van der Waals surface area contributed by atoms with Crippen LogP contribution in [0.25, 0.3) is 0 Å². The van der Waals surface area contributed by atoms with E-state index in [9.17, 15) is 18.0 Å². The van der Waals surface area contributed by atoms with E-state index < -0.39 is 17.3 Å². The molecule has 3 N–H and O–H groups in total. The molecule has 0 saturated heterocycles. The number of hydrogen-bond donors (Lipinski definition) is 2. The van der Waals surface area contributed by atoms with Gasteiger partial charge in [0.15, 0.2) is 0 Å². The number of anilines is 1. The zero-order chi connectivity index (χ0) is 14.0. The van der Waals surface area contributed by atoms with Crippen LogP contribution in [0.2, 0.25) is 0 Å². The van der Waals surface area contributed by atoms with Gasteiger partial charge in [0.05, 0.1) is 11.3 Å². The van der Waals surface area contributed by atoms with Crippen molar-refractivity contribution in [2.24, 2.45) is 0 Å². The van der Waals surface area contributed by atoms with Gasteiger partial charge < -0.3 is 5.73 Å². The average Bonchev–Trinajstić information content (AvgIpc) is 2.33. The van der Waals surface area contributed by atoms with E-state index in [0.717, 1.165) is 6.07 Å². The van der Waals surface area contributed by atoms with Gasteiger partial charge in [0.2, 0.25) is 0 Å². The van der Waals surface area contributed by atoms with Crippen molar-refractivity contribution in [3.05, 3.63) is 57.5 Å². The lowest BCUT2D eigenvalue weighted by Crippen LogP contribution is -2.15. The van der Waals surface area contributed by atoms with Crippen molar-refractivity contribution in [2.45, 2.75) is 12.6 Å². The lowest BCUT2D eigenvalue weighted by atomic mass is 10.0. The Kier molecular flexibility index (Phi) is 3.28. The third-order valence-electron chi connectivity index (χ3n) is 2.58. The zero-order valence-corrected chi connectivity index (χ0v) is 9.66. The van der Waals surface area contributed by atoms with Gasteiger partial charge in [-0.25, -0.2) is 5.10 Å². The molecule has 7 heteroatoms. The first-order chi connectivity index (χ1) is 8.88. The first kappa shape index (κ1) is 13.1. The fourth-order valence-electron chi connectivity index (χ4n) is 1.70. The molecule has 0 atom stereocenters. The molecule has 0 aliphatic carbocycles. The van der Waals surface area contributed by atoms with Crippen LogP contribution in [0.15, 0.2) is 35.1 Å². The Morgan fingerprint density at radius 1 is 1.26 bits per heavy atom. The maximum absolute atomic E-state index is 12.8. The van der Waals surface area contributed by atoms with Crippen LogP contribution in [0, 0.1) is 0 Å². The Labute approximate surface area is 106 Å². The lowest BCUT2D eigenvalue weighted by Gasteiger charge is -2.12. The summed E-state index contributed by atoms with van der Waals surface area (Å²) in [6, 6.07) is 6.47. The molecule has 1 aromatic carbocycles. The van der Waals surface area contributed by atoms with Gasteiger partial charge in [0.1, 0.15) is 5.69 Å². The van der Waals surface area contributed by atoms with Gasteiger partial charge in [-0.15, -0.1) is 0 Å². The number of hydrogen-bond acceptors (Lipinski definition) is 3. The van der Waals surface area contributed by atoms with Crippen LogP contribution in [0.1, 0.15) is 16.8 Å². The van der Waals surface area contributed by atoms with E-state index in [-0.39, 0.29) is 23.4 Å². The predicted octanol–water partition coefficient (Wildman–Crippen LogP) is 1.96. The van der Waals surface area contributed by atoms with Crippen LogP contribution in [0.5, 0.6) is 0 Å². The number of nitrogen functional groups attached to an aromatic ring is 1. The van der Waals surface area contributed by atoms with E-state index in [4.69, 9.17) is 5.73 Å². The predicted molar refractivity (Wildman–Crippen MR) is 63.5 cm³/mol. The van der Waals surface area contributed by atoms with Crippen LogP contribution >= 0.6 is 0 Å². The summed E-state index contributed by atoms with van der Waals surface area (Å²) in [4.78, 5) is 11.0. The molecule has 1 aromatic heterocycles. The van der Waals surface area contributed by atoms with Gasteiger partial charge in [0, 0.05) is 6.42 Å². The summed E-state index contributed by atoms with van der Waals surface area (Å²) >= 11 is 0. The Balaban J connectivity index is 2.38. The van der Waals surface area contributed by atoms with E-state index in [1.54, 1.807) is 0 Å². The molecule has 0 aliphatic rings. The normalized spacial score (nSPS) is 11.5. The summed E-state index contributed by atoms with van der Waals surface area (Å²) in [6.45, 7) is 0. The number of nitrogens with two attached hydrogens (primary N) is 1. The van der Waals surface area contributed by atoms with Crippen molar-refractivity contribution >= 4 is 5.69 Å². The Bertz CT molecular complexity index is 649. The highest BCUT2D eigenvalue weighted by molar-refractivity contribution is 5.38. The fraction of sp³-hybridized carbons (Fsp3) is 0.167. The summed E-state index contributed by atoms with van der Waals surface area (Å²) in [7, 11) is 0. The number of nitrogens with one attached hydrogen (secondary N) is 1. The number of aromatic amines is 1. The number of H-pyrrole nitrogens is 1. The molecule has 0 radical (unpaired) electrons.